The zero-order valence-corrected chi connectivity index (χ0v) is 14.5. The van der Waals surface area contributed by atoms with E-state index in [0.29, 0.717) is 12.1 Å². The molecule has 1 N–H and O–H groups in total. The van der Waals surface area contributed by atoms with Crippen molar-refractivity contribution in [1.29, 1.82) is 0 Å². The monoisotopic (exact) mass is 312 g/mol. The highest BCUT2D eigenvalue weighted by molar-refractivity contribution is 5.26. The summed E-state index contributed by atoms with van der Waals surface area (Å²) in [6.07, 6.45) is 3.02. The van der Waals surface area contributed by atoms with Gasteiger partial charge in [-0.2, -0.15) is 5.10 Å². The van der Waals surface area contributed by atoms with Crippen molar-refractivity contribution in [3.05, 3.63) is 53.3 Å². The van der Waals surface area contributed by atoms with Gasteiger partial charge in [-0.1, -0.05) is 31.2 Å². The second kappa shape index (κ2) is 7.28. The molecule has 0 radical (unpaired) electrons. The lowest BCUT2D eigenvalue weighted by atomic mass is 10.0. The van der Waals surface area contributed by atoms with Crippen molar-refractivity contribution in [2.24, 2.45) is 0 Å². The smallest absolute Gasteiger partial charge is 0.0527 e. The van der Waals surface area contributed by atoms with Gasteiger partial charge in [-0.25, -0.2) is 0 Å². The molecule has 0 bridgehead atoms. The van der Waals surface area contributed by atoms with Crippen LogP contribution in [0.15, 0.2) is 36.5 Å². The summed E-state index contributed by atoms with van der Waals surface area (Å²) < 4.78 is 2.14. The molecule has 1 atom stereocenters. The molecule has 124 valence electrons. The van der Waals surface area contributed by atoms with Crippen LogP contribution >= 0.6 is 0 Å². The summed E-state index contributed by atoms with van der Waals surface area (Å²) in [5, 5.41) is 8.02. The Morgan fingerprint density at radius 3 is 2.70 bits per heavy atom. The van der Waals surface area contributed by atoms with Crippen molar-refractivity contribution < 1.29 is 0 Å². The number of hydrogen-bond donors (Lipinski definition) is 1. The predicted molar refractivity (Wildman–Crippen MR) is 94.5 cm³/mol. The van der Waals surface area contributed by atoms with E-state index in [0.717, 1.165) is 32.6 Å². The van der Waals surface area contributed by atoms with Gasteiger partial charge in [-0.15, -0.1) is 0 Å². The molecule has 1 saturated heterocycles. The lowest BCUT2D eigenvalue weighted by Gasteiger charge is -2.36. The van der Waals surface area contributed by atoms with E-state index >= 15 is 0 Å². The number of piperazine rings is 1. The average molecular weight is 312 g/mol. The Kier molecular flexibility index (Phi) is 5.13. The predicted octanol–water partition coefficient (Wildman–Crippen LogP) is 3.17. The average Bonchev–Trinajstić information content (AvgIpc) is 3.04. The second-order valence-corrected chi connectivity index (χ2v) is 6.65. The van der Waals surface area contributed by atoms with Crippen molar-refractivity contribution in [2.75, 3.05) is 19.6 Å². The quantitative estimate of drug-likeness (QED) is 0.920. The number of aryl methyl sites for hydroxylation is 1. The standard InChI is InChI=1S/C19H28N4/c1-4-16-5-7-17(8-6-16)19-13-20-11-12-22(19)14-18-9-10-21-23(18)15(2)3/h5-10,15,19-20H,4,11-14H2,1-3H3. The van der Waals surface area contributed by atoms with E-state index in [1.165, 1.54) is 16.8 Å². The minimum absolute atomic E-state index is 0.408. The molecular weight excluding hydrogens is 284 g/mol. The Morgan fingerprint density at radius 2 is 2.00 bits per heavy atom. The first kappa shape index (κ1) is 16.2. The van der Waals surface area contributed by atoms with Crippen LogP contribution in [0.3, 0.4) is 0 Å². The summed E-state index contributed by atoms with van der Waals surface area (Å²) in [5.41, 5.74) is 4.11. The Hall–Kier alpha value is -1.65. The fraction of sp³-hybridized carbons (Fsp3) is 0.526. The van der Waals surface area contributed by atoms with Crippen molar-refractivity contribution in [3.63, 3.8) is 0 Å². The molecule has 1 aromatic carbocycles. The molecule has 4 nitrogen and oxygen atoms in total. The van der Waals surface area contributed by atoms with Crippen LogP contribution in [-0.4, -0.2) is 34.3 Å². The Labute approximate surface area is 139 Å². The molecule has 1 aliphatic heterocycles. The summed E-state index contributed by atoms with van der Waals surface area (Å²) in [5.74, 6) is 0. The van der Waals surface area contributed by atoms with Crippen LogP contribution < -0.4 is 5.32 Å². The largest absolute Gasteiger partial charge is 0.314 e. The third-order valence-electron chi connectivity index (χ3n) is 4.73. The highest BCUT2D eigenvalue weighted by Crippen LogP contribution is 2.25. The van der Waals surface area contributed by atoms with Gasteiger partial charge in [-0.05, 0) is 37.5 Å². The molecule has 1 aliphatic rings. The summed E-state index contributed by atoms with van der Waals surface area (Å²) in [6, 6.07) is 12.1. The maximum atomic E-state index is 4.48. The van der Waals surface area contributed by atoms with E-state index < -0.39 is 0 Å². The van der Waals surface area contributed by atoms with E-state index in [4.69, 9.17) is 0 Å². The molecule has 0 spiro atoms. The molecule has 2 aromatic rings. The lowest BCUT2D eigenvalue weighted by molar-refractivity contribution is 0.148. The number of hydrogen-bond acceptors (Lipinski definition) is 3. The van der Waals surface area contributed by atoms with E-state index in [-0.39, 0.29) is 0 Å². The molecule has 1 fully saturated rings. The first-order valence-corrected chi connectivity index (χ1v) is 8.75. The van der Waals surface area contributed by atoms with Crippen LogP contribution in [0.25, 0.3) is 0 Å². The molecule has 2 heterocycles. The third kappa shape index (κ3) is 3.65. The lowest BCUT2D eigenvalue weighted by Crippen LogP contribution is -2.45. The Morgan fingerprint density at radius 1 is 1.22 bits per heavy atom. The van der Waals surface area contributed by atoms with E-state index in [1.807, 2.05) is 6.20 Å². The van der Waals surface area contributed by atoms with Gasteiger partial charge >= 0.3 is 0 Å². The first-order valence-electron chi connectivity index (χ1n) is 8.75. The Balaban J connectivity index is 1.79. The zero-order chi connectivity index (χ0) is 16.2. The van der Waals surface area contributed by atoms with Crippen LogP contribution in [0.2, 0.25) is 0 Å². The van der Waals surface area contributed by atoms with Crippen molar-refractivity contribution in [1.82, 2.24) is 20.0 Å². The molecule has 0 amide bonds. The zero-order valence-electron chi connectivity index (χ0n) is 14.5. The summed E-state index contributed by atoms with van der Waals surface area (Å²) >= 11 is 0. The molecule has 0 saturated carbocycles. The first-order chi connectivity index (χ1) is 11.2. The molecular formula is C19H28N4. The van der Waals surface area contributed by atoms with Gasteiger partial charge in [0, 0.05) is 44.5 Å². The second-order valence-electron chi connectivity index (χ2n) is 6.65. The fourth-order valence-electron chi connectivity index (χ4n) is 3.38. The molecule has 3 rings (SSSR count). The van der Waals surface area contributed by atoms with Crippen LogP contribution in [0.5, 0.6) is 0 Å². The van der Waals surface area contributed by atoms with Crippen LogP contribution in [0.4, 0.5) is 0 Å². The summed E-state index contributed by atoms with van der Waals surface area (Å²) in [6.45, 7) is 10.7. The normalized spacial score (nSPS) is 19.4. The van der Waals surface area contributed by atoms with E-state index in [2.05, 4.69) is 71.1 Å². The fourth-order valence-corrected chi connectivity index (χ4v) is 3.38. The van der Waals surface area contributed by atoms with E-state index in [9.17, 15) is 0 Å². The summed E-state index contributed by atoms with van der Waals surface area (Å²) in [4.78, 5) is 2.58. The number of nitrogens with zero attached hydrogens (tertiary/aromatic N) is 3. The topological polar surface area (TPSA) is 33.1 Å². The number of nitrogens with one attached hydrogen (secondary N) is 1. The molecule has 23 heavy (non-hydrogen) atoms. The number of benzene rings is 1. The minimum Gasteiger partial charge on any atom is -0.314 e. The van der Waals surface area contributed by atoms with Crippen LogP contribution in [0.1, 0.15) is 49.7 Å². The maximum Gasteiger partial charge on any atom is 0.0527 e. The highest BCUT2D eigenvalue weighted by Gasteiger charge is 2.24. The SMILES string of the molecule is CCc1ccc(C2CNCCN2Cc2ccnn2C(C)C)cc1. The third-order valence-corrected chi connectivity index (χ3v) is 4.73. The van der Waals surface area contributed by atoms with Crippen molar-refractivity contribution in [3.8, 4) is 0 Å². The van der Waals surface area contributed by atoms with E-state index in [1.54, 1.807) is 0 Å². The van der Waals surface area contributed by atoms with Crippen LogP contribution in [-0.2, 0) is 13.0 Å². The maximum absolute atomic E-state index is 4.48. The van der Waals surface area contributed by atoms with Gasteiger partial charge in [0.25, 0.3) is 0 Å². The molecule has 1 aromatic heterocycles. The Bertz CT molecular complexity index is 615. The van der Waals surface area contributed by atoms with Gasteiger partial charge in [-0.3, -0.25) is 9.58 Å². The molecule has 4 heteroatoms. The van der Waals surface area contributed by atoms with Gasteiger partial charge in [0.15, 0.2) is 0 Å². The molecule has 0 aliphatic carbocycles. The number of aromatic nitrogens is 2. The van der Waals surface area contributed by atoms with Gasteiger partial charge in [0.2, 0.25) is 0 Å². The minimum atomic E-state index is 0.408. The van der Waals surface area contributed by atoms with Gasteiger partial charge < -0.3 is 5.32 Å². The van der Waals surface area contributed by atoms with Gasteiger partial charge in [0.05, 0.1) is 5.69 Å². The van der Waals surface area contributed by atoms with Crippen molar-refractivity contribution in [2.45, 2.75) is 45.8 Å². The number of rotatable bonds is 5. The van der Waals surface area contributed by atoms with Crippen molar-refractivity contribution >= 4 is 0 Å². The van der Waals surface area contributed by atoms with Gasteiger partial charge in [0.1, 0.15) is 0 Å². The summed E-state index contributed by atoms with van der Waals surface area (Å²) in [7, 11) is 0. The van der Waals surface area contributed by atoms with Crippen LogP contribution in [0, 0.1) is 0 Å². The molecule has 1 unspecified atom stereocenters. The highest BCUT2D eigenvalue weighted by atomic mass is 15.3.